The molecule has 0 aromatic carbocycles. The Hall–Kier alpha value is -1.10. The highest BCUT2D eigenvalue weighted by Gasteiger charge is 2.23. The van der Waals surface area contributed by atoms with Crippen LogP contribution in [-0.4, -0.2) is 31.1 Å². The lowest BCUT2D eigenvalue weighted by molar-refractivity contribution is -0.140. The van der Waals surface area contributed by atoms with Crippen molar-refractivity contribution < 1.29 is 14.3 Å². The Kier molecular flexibility index (Phi) is 5.15. The van der Waals surface area contributed by atoms with Crippen LogP contribution < -0.4 is 11.1 Å². The zero-order valence-electron chi connectivity index (χ0n) is 8.92. The van der Waals surface area contributed by atoms with E-state index < -0.39 is 11.4 Å². The lowest BCUT2D eigenvalue weighted by Gasteiger charge is -2.21. The summed E-state index contributed by atoms with van der Waals surface area (Å²) in [5, 5.41) is 2.96. The van der Waals surface area contributed by atoms with E-state index in [1.165, 1.54) is 7.11 Å². The SMILES string of the molecule is COC(=O)CCCNC(C)(C)C(N)=O. The first-order valence-electron chi connectivity index (χ1n) is 4.52. The average molecular weight is 202 g/mol. The summed E-state index contributed by atoms with van der Waals surface area (Å²) in [5.74, 6) is -0.653. The van der Waals surface area contributed by atoms with E-state index in [1.54, 1.807) is 13.8 Å². The molecule has 0 rings (SSSR count). The fourth-order valence-corrected chi connectivity index (χ4v) is 0.823. The van der Waals surface area contributed by atoms with Gasteiger partial charge in [0.05, 0.1) is 12.6 Å². The molecule has 0 saturated heterocycles. The number of primary amides is 1. The van der Waals surface area contributed by atoms with Crippen molar-refractivity contribution in [1.82, 2.24) is 5.32 Å². The number of esters is 1. The first-order chi connectivity index (χ1) is 6.40. The molecule has 0 radical (unpaired) electrons. The molecule has 5 nitrogen and oxygen atoms in total. The molecule has 0 aliphatic rings. The monoisotopic (exact) mass is 202 g/mol. The number of nitrogens with one attached hydrogen (secondary N) is 1. The number of hydrogen-bond acceptors (Lipinski definition) is 4. The van der Waals surface area contributed by atoms with Crippen molar-refractivity contribution in [3.8, 4) is 0 Å². The molecule has 0 aromatic heterocycles. The Labute approximate surface area is 84.0 Å². The molecular weight excluding hydrogens is 184 g/mol. The fourth-order valence-electron chi connectivity index (χ4n) is 0.823. The molecule has 0 bridgehead atoms. The molecule has 0 atom stereocenters. The molecule has 0 spiro atoms. The summed E-state index contributed by atoms with van der Waals surface area (Å²) in [6.45, 7) is 3.96. The molecule has 0 heterocycles. The van der Waals surface area contributed by atoms with E-state index in [0.717, 1.165) is 0 Å². The van der Waals surface area contributed by atoms with Gasteiger partial charge < -0.3 is 15.8 Å². The summed E-state index contributed by atoms with van der Waals surface area (Å²) in [7, 11) is 1.35. The van der Waals surface area contributed by atoms with Gasteiger partial charge in [-0.3, -0.25) is 9.59 Å². The van der Waals surface area contributed by atoms with Crippen molar-refractivity contribution >= 4 is 11.9 Å². The van der Waals surface area contributed by atoms with Gasteiger partial charge in [0.1, 0.15) is 0 Å². The van der Waals surface area contributed by atoms with Gasteiger partial charge in [-0.25, -0.2) is 0 Å². The normalized spacial score (nSPS) is 11.1. The van der Waals surface area contributed by atoms with Crippen LogP contribution in [0.3, 0.4) is 0 Å². The second-order valence-corrected chi connectivity index (χ2v) is 3.60. The minimum Gasteiger partial charge on any atom is -0.469 e. The van der Waals surface area contributed by atoms with E-state index in [1.807, 2.05) is 0 Å². The van der Waals surface area contributed by atoms with Crippen molar-refractivity contribution in [2.24, 2.45) is 5.73 Å². The van der Waals surface area contributed by atoms with Gasteiger partial charge in [-0.05, 0) is 26.8 Å². The summed E-state index contributed by atoms with van der Waals surface area (Å²) in [4.78, 5) is 21.6. The van der Waals surface area contributed by atoms with E-state index in [0.29, 0.717) is 19.4 Å². The zero-order valence-corrected chi connectivity index (χ0v) is 8.92. The summed E-state index contributed by atoms with van der Waals surface area (Å²) in [5.41, 5.74) is 4.42. The number of ether oxygens (including phenoxy) is 1. The molecule has 14 heavy (non-hydrogen) atoms. The van der Waals surface area contributed by atoms with Gasteiger partial charge in [0.25, 0.3) is 0 Å². The van der Waals surface area contributed by atoms with Crippen LogP contribution in [0, 0.1) is 0 Å². The van der Waals surface area contributed by atoms with Crippen LogP contribution in [0.2, 0.25) is 0 Å². The van der Waals surface area contributed by atoms with Crippen LogP contribution in [0.1, 0.15) is 26.7 Å². The summed E-state index contributed by atoms with van der Waals surface area (Å²) in [6, 6.07) is 0. The third-order valence-corrected chi connectivity index (χ3v) is 1.97. The number of amides is 1. The van der Waals surface area contributed by atoms with Crippen LogP contribution in [0.5, 0.6) is 0 Å². The number of rotatable bonds is 6. The first-order valence-corrected chi connectivity index (χ1v) is 4.52. The predicted octanol–water partition coefficient (Wildman–Crippen LogP) is -0.207. The molecule has 3 N–H and O–H groups in total. The van der Waals surface area contributed by atoms with Crippen molar-refractivity contribution in [1.29, 1.82) is 0 Å². The van der Waals surface area contributed by atoms with E-state index in [2.05, 4.69) is 10.1 Å². The molecule has 5 heteroatoms. The molecular formula is C9H18N2O3. The topological polar surface area (TPSA) is 81.4 Å². The molecule has 0 aliphatic carbocycles. The van der Waals surface area contributed by atoms with E-state index in [-0.39, 0.29) is 5.97 Å². The molecule has 0 saturated carbocycles. The number of nitrogens with two attached hydrogens (primary N) is 1. The van der Waals surface area contributed by atoms with Crippen LogP contribution in [0.4, 0.5) is 0 Å². The van der Waals surface area contributed by atoms with Gasteiger partial charge in [0.2, 0.25) is 5.91 Å². The highest BCUT2D eigenvalue weighted by molar-refractivity contribution is 5.83. The Balaban J connectivity index is 3.64. The molecule has 1 amide bonds. The molecule has 0 fully saturated rings. The van der Waals surface area contributed by atoms with Gasteiger partial charge in [-0.1, -0.05) is 0 Å². The molecule has 0 unspecified atom stereocenters. The van der Waals surface area contributed by atoms with Crippen molar-refractivity contribution in [3.63, 3.8) is 0 Å². The lowest BCUT2D eigenvalue weighted by Crippen LogP contribution is -2.50. The number of methoxy groups -OCH3 is 1. The maximum absolute atomic E-state index is 10.9. The minimum atomic E-state index is -0.726. The Bertz CT molecular complexity index is 214. The van der Waals surface area contributed by atoms with Crippen molar-refractivity contribution in [2.45, 2.75) is 32.2 Å². The quantitative estimate of drug-likeness (QED) is 0.461. The largest absolute Gasteiger partial charge is 0.469 e. The second-order valence-electron chi connectivity index (χ2n) is 3.60. The van der Waals surface area contributed by atoms with Crippen LogP contribution in [0.25, 0.3) is 0 Å². The standard InChI is InChI=1S/C9H18N2O3/c1-9(2,8(10)13)11-6-4-5-7(12)14-3/h11H,4-6H2,1-3H3,(H2,10,13). The van der Waals surface area contributed by atoms with Gasteiger partial charge >= 0.3 is 5.97 Å². The maximum atomic E-state index is 10.9. The summed E-state index contributed by atoms with van der Waals surface area (Å²) < 4.78 is 4.47. The van der Waals surface area contributed by atoms with Crippen LogP contribution in [0.15, 0.2) is 0 Å². The Morgan fingerprint density at radius 3 is 2.43 bits per heavy atom. The fraction of sp³-hybridized carbons (Fsp3) is 0.778. The Morgan fingerprint density at radius 2 is 2.00 bits per heavy atom. The molecule has 82 valence electrons. The Morgan fingerprint density at radius 1 is 1.43 bits per heavy atom. The van der Waals surface area contributed by atoms with Gasteiger partial charge in [0.15, 0.2) is 0 Å². The van der Waals surface area contributed by atoms with Gasteiger partial charge in [-0.2, -0.15) is 0 Å². The maximum Gasteiger partial charge on any atom is 0.305 e. The summed E-state index contributed by atoms with van der Waals surface area (Å²) >= 11 is 0. The van der Waals surface area contributed by atoms with E-state index in [4.69, 9.17) is 5.73 Å². The lowest BCUT2D eigenvalue weighted by atomic mass is 10.1. The third-order valence-electron chi connectivity index (χ3n) is 1.97. The minimum absolute atomic E-state index is 0.247. The second kappa shape index (κ2) is 5.59. The zero-order chi connectivity index (χ0) is 11.2. The van der Waals surface area contributed by atoms with E-state index in [9.17, 15) is 9.59 Å². The average Bonchev–Trinajstić information content (AvgIpc) is 2.11. The highest BCUT2D eigenvalue weighted by Crippen LogP contribution is 2.00. The smallest absolute Gasteiger partial charge is 0.305 e. The van der Waals surface area contributed by atoms with E-state index >= 15 is 0 Å². The highest BCUT2D eigenvalue weighted by atomic mass is 16.5. The van der Waals surface area contributed by atoms with Gasteiger partial charge in [0, 0.05) is 6.42 Å². The molecule has 0 aliphatic heterocycles. The van der Waals surface area contributed by atoms with Crippen LogP contribution >= 0.6 is 0 Å². The van der Waals surface area contributed by atoms with Crippen molar-refractivity contribution in [3.05, 3.63) is 0 Å². The summed E-state index contributed by atoms with van der Waals surface area (Å²) in [6.07, 6.45) is 0.974. The molecule has 0 aromatic rings. The van der Waals surface area contributed by atoms with Crippen LogP contribution in [-0.2, 0) is 14.3 Å². The third kappa shape index (κ3) is 4.81. The first kappa shape index (κ1) is 12.9. The number of carbonyl (C=O) groups excluding carboxylic acids is 2. The number of carbonyl (C=O) groups is 2. The number of hydrogen-bond donors (Lipinski definition) is 2. The van der Waals surface area contributed by atoms with Gasteiger partial charge in [-0.15, -0.1) is 0 Å². The predicted molar refractivity (Wildman–Crippen MR) is 52.5 cm³/mol. The van der Waals surface area contributed by atoms with Crippen molar-refractivity contribution in [2.75, 3.05) is 13.7 Å².